The molecule has 5 nitrogen and oxygen atoms in total. The van der Waals surface area contributed by atoms with Gasteiger partial charge >= 0.3 is 5.97 Å². The summed E-state index contributed by atoms with van der Waals surface area (Å²) in [5.41, 5.74) is 0.423. The summed E-state index contributed by atoms with van der Waals surface area (Å²) in [6, 6.07) is 7.99. The van der Waals surface area contributed by atoms with Gasteiger partial charge in [-0.25, -0.2) is 4.79 Å². The fourth-order valence-electron chi connectivity index (χ4n) is 1.21. The predicted octanol–water partition coefficient (Wildman–Crippen LogP) is 1.49. The van der Waals surface area contributed by atoms with Gasteiger partial charge in [0.15, 0.2) is 0 Å². The Morgan fingerprint density at radius 1 is 1.50 bits per heavy atom. The van der Waals surface area contributed by atoms with E-state index in [1.54, 1.807) is 18.2 Å². The third-order valence-corrected chi connectivity index (χ3v) is 2.04. The van der Waals surface area contributed by atoms with Crippen LogP contribution in [0.5, 0.6) is 5.75 Å². The Kier molecular flexibility index (Phi) is 5.42. The first-order valence-corrected chi connectivity index (χ1v) is 5.24. The number of phenols is 1. The van der Waals surface area contributed by atoms with Crippen molar-refractivity contribution in [1.82, 2.24) is 0 Å². The number of methoxy groups -OCH3 is 1. The SMILES string of the molecule is COCCOC(=O)C(C#N)=Cc1cccc(O)c1. The fraction of sp³-hybridized carbons (Fsp3) is 0.231. The first-order valence-electron chi connectivity index (χ1n) is 5.24. The van der Waals surface area contributed by atoms with Crippen LogP contribution in [0, 0.1) is 11.3 Å². The molecule has 0 aliphatic carbocycles. The summed E-state index contributed by atoms with van der Waals surface area (Å²) >= 11 is 0. The van der Waals surface area contributed by atoms with Gasteiger partial charge in [-0.05, 0) is 23.8 Å². The van der Waals surface area contributed by atoms with Crippen molar-refractivity contribution >= 4 is 12.0 Å². The fourth-order valence-corrected chi connectivity index (χ4v) is 1.21. The zero-order valence-electron chi connectivity index (χ0n) is 9.92. The lowest BCUT2D eigenvalue weighted by Gasteiger charge is -2.02. The predicted molar refractivity (Wildman–Crippen MR) is 64.5 cm³/mol. The van der Waals surface area contributed by atoms with E-state index in [4.69, 9.17) is 14.7 Å². The molecule has 0 aliphatic rings. The van der Waals surface area contributed by atoms with Crippen LogP contribution in [0.2, 0.25) is 0 Å². The second-order valence-corrected chi connectivity index (χ2v) is 3.39. The molecular formula is C13H13NO4. The van der Waals surface area contributed by atoms with Crippen molar-refractivity contribution in [3.8, 4) is 11.8 Å². The van der Waals surface area contributed by atoms with Crippen molar-refractivity contribution < 1.29 is 19.4 Å². The third-order valence-electron chi connectivity index (χ3n) is 2.04. The smallest absolute Gasteiger partial charge is 0.348 e. The van der Waals surface area contributed by atoms with Crippen molar-refractivity contribution in [1.29, 1.82) is 5.26 Å². The number of rotatable bonds is 5. The van der Waals surface area contributed by atoms with Crippen LogP contribution in [-0.2, 0) is 14.3 Å². The number of benzene rings is 1. The van der Waals surface area contributed by atoms with Crippen LogP contribution in [0.25, 0.3) is 6.08 Å². The molecule has 0 aromatic heterocycles. The number of phenolic OH excluding ortho intramolecular Hbond substituents is 1. The zero-order valence-corrected chi connectivity index (χ0v) is 9.92. The van der Waals surface area contributed by atoms with Gasteiger partial charge in [-0.3, -0.25) is 0 Å². The minimum Gasteiger partial charge on any atom is -0.508 e. The molecule has 1 aromatic rings. The third kappa shape index (κ3) is 4.28. The topological polar surface area (TPSA) is 79.5 Å². The van der Waals surface area contributed by atoms with Crippen LogP contribution in [-0.4, -0.2) is 31.4 Å². The standard InChI is InChI=1S/C13H13NO4/c1-17-5-6-18-13(16)11(9-14)7-10-3-2-4-12(15)8-10/h2-4,7-8,15H,5-6H2,1H3. The van der Waals surface area contributed by atoms with Crippen LogP contribution in [0.15, 0.2) is 29.8 Å². The molecule has 0 spiro atoms. The number of esters is 1. The number of hydrogen-bond donors (Lipinski definition) is 1. The van der Waals surface area contributed by atoms with E-state index in [0.717, 1.165) is 0 Å². The number of carbonyl (C=O) groups excluding carboxylic acids is 1. The van der Waals surface area contributed by atoms with Gasteiger partial charge in [0, 0.05) is 7.11 Å². The number of nitrogens with zero attached hydrogens (tertiary/aromatic N) is 1. The Balaban J connectivity index is 2.77. The van der Waals surface area contributed by atoms with Crippen LogP contribution >= 0.6 is 0 Å². The van der Waals surface area contributed by atoms with Gasteiger partial charge in [-0.1, -0.05) is 12.1 Å². The Morgan fingerprint density at radius 2 is 2.28 bits per heavy atom. The minimum absolute atomic E-state index is 0.0637. The van der Waals surface area contributed by atoms with E-state index in [1.165, 1.54) is 25.3 Å². The maximum atomic E-state index is 11.5. The summed E-state index contributed by atoms with van der Waals surface area (Å²) in [4.78, 5) is 11.5. The first-order chi connectivity index (χ1) is 8.67. The molecule has 0 heterocycles. The molecule has 1 aromatic carbocycles. The lowest BCUT2D eigenvalue weighted by atomic mass is 10.1. The van der Waals surface area contributed by atoms with E-state index >= 15 is 0 Å². The van der Waals surface area contributed by atoms with E-state index in [1.807, 2.05) is 0 Å². The van der Waals surface area contributed by atoms with E-state index in [2.05, 4.69) is 0 Å². The van der Waals surface area contributed by atoms with E-state index < -0.39 is 5.97 Å². The van der Waals surface area contributed by atoms with Gasteiger partial charge < -0.3 is 14.6 Å². The van der Waals surface area contributed by atoms with E-state index in [-0.39, 0.29) is 24.5 Å². The zero-order chi connectivity index (χ0) is 13.4. The molecule has 0 unspecified atom stereocenters. The van der Waals surface area contributed by atoms with Crippen molar-refractivity contribution in [3.63, 3.8) is 0 Å². The quantitative estimate of drug-likeness (QED) is 0.369. The van der Waals surface area contributed by atoms with Crippen molar-refractivity contribution in [3.05, 3.63) is 35.4 Å². The Bertz CT molecular complexity index is 488. The molecule has 0 saturated carbocycles. The second kappa shape index (κ2) is 7.09. The molecular weight excluding hydrogens is 234 g/mol. The number of aromatic hydroxyl groups is 1. The lowest BCUT2D eigenvalue weighted by molar-refractivity contribution is -0.139. The van der Waals surface area contributed by atoms with Crippen molar-refractivity contribution in [2.75, 3.05) is 20.3 Å². The summed E-state index contributed by atoms with van der Waals surface area (Å²) < 4.78 is 9.55. The van der Waals surface area contributed by atoms with Crippen LogP contribution in [0.1, 0.15) is 5.56 Å². The Morgan fingerprint density at radius 3 is 2.89 bits per heavy atom. The highest BCUT2D eigenvalue weighted by Gasteiger charge is 2.10. The van der Waals surface area contributed by atoms with Gasteiger partial charge in [0.2, 0.25) is 0 Å². The highest BCUT2D eigenvalue weighted by Crippen LogP contribution is 2.14. The summed E-state index contributed by atoms with van der Waals surface area (Å²) in [5.74, 6) is -0.647. The molecule has 0 amide bonds. The first kappa shape index (κ1) is 13.7. The Hall–Kier alpha value is -2.32. The average molecular weight is 247 g/mol. The molecule has 0 bridgehead atoms. The van der Waals surface area contributed by atoms with E-state index in [0.29, 0.717) is 5.56 Å². The normalized spacial score (nSPS) is 10.8. The minimum atomic E-state index is -0.710. The molecule has 0 fully saturated rings. The van der Waals surface area contributed by atoms with E-state index in [9.17, 15) is 9.90 Å². The highest BCUT2D eigenvalue weighted by atomic mass is 16.6. The largest absolute Gasteiger partial charge is 0.508 e. The van der Waals surface area contributed by atoms with Crippen molar-refractivity contribution in [2.24, 2.45) is 0 Å². The van der Waals surface area contributed by atoms with Gasteiger partial charge in [0.25, 0.3) is 0 Å². The highest BCUT2D eigenvalue weighted by molar-refractivity contribution is 5.97. The molecule has 5 heteroatoms. The second-order valence-electron chi connectivity index (χ2n) is 3.39. The lowest BCUT2D eigenvalue weighted by Crippen LogP contribution is -2.11. The van der Waals surface area contributed by atoms with Gasteiger partial charge in [0.05, 0.1) is 6.61 Å². The van der Waals surface area contributed by atoms with Crippen LogP contribution in [0.3, 0.4) is 0 Å². The summed E-state index contributed by atoms with van der Waals surface area (Å²) in [6.07, 6.45) is 1.36. The number of ether oxygens (including phenoxy) is 2. The average Bonchev–Trinajstić information content (AvgIpc) is 2.36. The number of nitriles is 1. The molecule has 0 aliphatic heterocycles. The number of hydrogen-bond acceptors (Lipinski definition) is 5. The molecule has 0 radical (unpaired) electrons. The van der Waals surface area contributed by atoms with Gasteiger partial charge in [-0.15, -0.1) is 0 Å². The molecule has 1 rings (SSSR count). The Labute approximate surface area is 105 Å². The monoisotopic (exact) mass is 247 g/mol. The number of carbonyl (C=O) groups is 1. The van der Waals surface area contributed by atoms with Crippen LogP contribution in [0.4, 0.5) is 0 Å². The molecule has 0 saturated heterocycles. The maximum Gasteiger partial charge on any atom is 0.348 e. The summed E-state index contributed by atoms with van der Waals surface area (Å²) in [7, 11) is 1.49. The molecule has 18 heavy (non-hydrogen) atoms. The molecule has 94 valence electrons. The van der Waals surface area contributed by atoms with Crippen molar-refractivity contribution in [2.45, 2.75) is 0 Å². The van der Waals surface area contributed by atoms with Gasteiger partial charge in [0.1, 0.15) is 24.0 Å². The molecule has 0 atom stereocenters. The summed E-state index contributed by atoms with van der Waals surface area (Å²) in [6.45, 7) is 0.366. The van der Waals surface area contributed by atoms with Gasteiger partial charge in [-0.2, -0.15) is 5.26 Å². The maximum absolute atomic E-state index is 11.5. The van der Waals surface area contributed by atoms with Crippen LogP contribution < -0.4 is 0 Å². The molecule has 1 N–H and O–H groups in total. The summed E-state index contributed by atoms with van der Waals surface area (Å²) in [5, 5.41) is 18.1.